The SMILES string of the molecule is C/C=C/Sc1ccc2c(c1)sc1c(-c3cc(C(C)(C)C)c4sccc4c3)nccc12. The molecule has 3 aromatic heterocycles. The average Bonchev–Trinajstić information content (AvgIpc) is 3.34. The van der Waals surface area contributed by atoms with Crippen LogP contribution in [0.3, 0.4) is 0 Å². The number of aromatic nitrogens is 1. The number of thioether (sulfide) groups is 1. The number of fused-ring (bicyclic) bond motifs is 4. The average molecular weight is 446 g/mol. The molecule has 150 valence electrons. The van der Waals surface area contributed by atoms with Crippen LogP contribution in [0, 0.1) is 0 Å². The lowest BCUT2D eigenvalue weighted by molar-refractivity contribution is 0.597. The summed E-state index contributed by atoms with van der Waals surface area (Å²) >= 11 is 5.45. The lowest BCUT2D eigenvalue weighted by Crippen LogP contribution is -2.11. The lowest BCUT2D eigenvalue weighted by Gasteiger charge is -2.21. The molecule has 0 spiro atoms. The maximum absolute atomic E-state index is 4.86. The largest absolute Gasteiger partial charge is 0.255 e. The summed E-state index contributed by atoms with van der Waals surface area (Å²) in [5, 5.41) is 8.25. The second kappa shape index (κ2) is 7.52. The van der Waals surface area contributed by atoms with Crippen LogP contribution < -0.4 is 0 Å². The van der Waals surface area contributed by atoms with Gasteiger partial charge in [-0.05, 0) is 70.5 Å². The molecule has 0 saturated carbocycles. The third-order valence-corrected chi connectivity index (χ3v) is 8.41. The van der Waals surface area contributed by atoms with E-state index in [1.165, 1.54) is 46.3 Å². The zero-order chi connectivity index (χ0) is 20.9. The Morgan fingerprint density at radius 3 is 2.63 bits per heavy atom. The van der Waals surface area contributed by atoms with E-state index in [0.29, 0.717) is 0 Å². The number of hydrogen-bond acceptors (Lipinski definition) is 4. The van der Waals surface area contributed by atoms with E-state index in [-0.39, 0.29) is 5.41 Å². The van der Waals surface area contributed by atoms with E-state index in [9.17, 15) is 0 Å². The highest BCUT2D eigenvalue weighted by Gasteiger charge is 2.20. The van der Waals surface area contributed by atoms with E-state index in [0.717, 1.165) is 5.69 Å². The summed E-state index contributed by atoms with van der Waals surface area (Å²) in [6.07, 6.45) is 4.04. The van der Waals surface area contributed by atoms with Crippen molar-refractivity contribution in [2.75, 3.05) is 0 Å². The van der Waals surface area contributed by atoms with Crippen molar-refractivity contribution in [3.63, 3.8) is 0 Å². The van der Waals surface area contributed by atoms with Crippen LogP contribution in [0.1, 0.15) is 33.3 Å². The highest BCUT2D eigenvalue weighted by Crippen LogP contribution is 2.43. The zero-order valence-corrected chi connectivity index (χ0v) is 20.0. The van der Waals surface area contributed by atoms with Gasteiger partial charge < -0.3 is 0 Å². The first kappa shape index (κ1) is 19.8. The van der Waals surface area contributed by atoms with Gasteiger partial charge in [-0.2, -0.15) is 0 Å². The molecule has 0 aliphatic carbocycles. The van der Waals surface area contributed by atoms with Crippen molar-refractivity contribution in [2.45, 2.75) is 38.0 Å². The molecule has 30 heavy (non-hydrogen) atoms. The Bertz CT molecular complexity index is 1410. The molecule has 5 rings (SSSR count). The molecule has 4 heteroatoms. The molecule has 2 aromatic carbocycles. The summed E-state index contributed by atoms with van der Waals surface area (Å²) in [6, 6.07) is 15.8. The molecular formula is C26H23NS3. The summed E-state index contributed by atoms with van der Waals surface area (Å²) in [5.74, 6) is 0. The number of pyridine rings is 1. The van der Waals surface area contributed by atoms with Gasteiger partial charge in [-0.15, -0.1) is 22.7 Å². The molecule has 0 bridgehead atoms. The first-order chi connectivity index (χ1) is 14.5. The third kappa shape index (κ3) is 3.37. The lowest BCUT2D eigenvalue weighted by atomic mass is 9.85. The standard InChI is InChI=1S/C26H23NS3/c1-5-11-28-18-6-7-19-20-8-10-27-23(25(20)30-22(19)15-18)17-13-16-9-12-29-24(16)21(14-17)26(2,3)4/h5-15H,1-4H3/b11-5+. The van der Waals surface area contributed by atoms with Gasteiger partial charge in [0.15, 0.2) is 0 Å². The van der Waals surface area contributed by atoms with Gasteiger partial charge in [-0.3, -0.25) is 4.98 Å². The molecule has 0 unspecified atom stereocenters. The summed E-state index contributed by atoms with van der Waals surface area (Å²) in [6.45, 7) is 8.94. The van der Waals surface area contributed by atoms with Crippen LogP contribution in [0.15, 0.2) is 70.4 Å². The fraction of sp³-hybridized carbons (Fsp3) is 0.192. The Morgan fingerprint density at radius 1 is 0.967 bits per heavy atom. The molecule has 3 heterocycles. The van der Waals surface area contributed by atoms with Crippen LogP contribution in [-0.2, 0) is 5.41 Å². The van der Waals surface area contributed by atoms with Gasteiger partial charge in [-0.25, -0.2) is 0 Å². The van der Waals surface area contributed by atoms with Crippen molar-refractivity contribution in [3.05, 3.63) is 71.1 Å². The Morgan fingerprint density at radius 2 is 1.83 bits per heavy atom. The molecule has 0 saturated heterocycles. The summed E-state index contributed by atoms with van der Waals surface area (Å²) in [7, 11) is 0. The van der Waals surface area contributed by atoms with Crippen LogP contribution >= 0.6 is 34.4 Å². The molecule has 0 amide bonds. The summed E-state index contributed by atoms with van der Waals surface area (Å²) < 4.78 is 3.98. The quantitative estimate of drug-likeness (QED) is 0.257. The Kier molecular flexibility index (Phi) is 4.97. The van der Waals surface area contributed by atoms with Gasteiger partial charge in [-0.1, -0.05) is 44.7 Å². The minimum Gasteiger partial charge on any atom is -0.255 e. The highest BCUT2D eigenvalue weighted by molar-refractivity contribution is 8.02. The van der Waals surface area contributed by atoms with Gasteiger partial charge in [0.2, 0.25) is 0 Å². The maximum atomic E-state index is 4.86. The summed E-state index contributed by atoms with van der Waals surface area (Å²) in [4.78, 5) is 6.13. The fourth-order valence-corrected chi connectivity index (χ4v) is 6.94. The van der Waals surface area contributed by atoms with E-state index in [1.807, 2.05) is 28.9 Å². The van der Waals surface area contributed by atoms with Crippen molar-refractivity contribution in [2.24, 2.45) is 0 Å². The molecule has 0 fully saturated rings. The molecule has 0 aliphatic heterocycles. The molecule has 5 aromatic rings. The van der Waals surface area contributed by atoms with Crippen LogP contribution in [0.4, 0.5) is 0 Å². The smallest absolute Gasteiger partial charge is 0.0880 e. The second-order valence-corrected chi connectivity index (χ2v) is 11.4. The Labute approximate surface area is 189 Å². The normalized spacial score (nSPS) is 12.7. The van der Waals surface area contributed by atoms with Crippen LogP contribution in [0.25, 0.3) is 41.5 Å². The molecule has 0 aliphatic rings. The third-order valence-electron chi connectivity index (χ3n) is 5.33. The number of allylic oxidation sites excluding steroid dienone is 1. The molecule has 1 nitrogen and oxygen atoms in total. The van der Waals surface area contributed by atoms with Crippen LogP contribution in [0.5, 0.6) is 0 Å². The van der Waals surface area contributed by atoms with E-state index in [1.54, 1.807) is 11.8 Å². The van der Waals surface area contributed by atoms with E-state index in [4.69, 9.17) is 4.98 Å². The number of hydrogen-bond donors (Lipinski definition) is 0. The maximum Gasteiger partial charge on any atom is 0.0880 e. The number of benzene rings is 2. The second-order valence-electron chi connectivity index (χ2n) is 8.50. The summed E-state index contributed by atoms with van der Waals surface area (Å²) in [5.41, 5.74) is 3.79. The minimum atomic E-state index is 0.0894. The van der Waals surface area contributed by atoms with Gasteiger partial charge in [0.1, 0.15) is 0 Å². The molecular weight excluding hydrogens is 422 g/mol. The topological polar surface area (TPSA) is 12.9 Å². The minimum absolute atomic E-state index is 0.0894. The molecule has 0 N–H and O–H groups in total. The predicted octanol–water partition coefficient (Wildman–Crippen LogP) is 9.25. The van der Waals surface area contributed by atoms with Crippen molar-refractivity contribution >= 4 is 64.7 Å². The fourth-order valence-electron chi connectivity index (χ4n) is 3.88. The van der Waals surface area contributed by atoms with Gasteiger partial charge >= 0.3 is 0 Å². The molecule has 0 radical (unpaired) electrons. The first-order valence-electron chi connectivity index (χ1n) is 10.1. The predicted molar refractivity (Wildman–Crippen MR) is 137 cm³/mol. The van der Waals surface area contributed by atoms with E-state index >= 15 is 0 Å². The monoisotopic (exact) mass is 445 g/mol. The molecule has 0 atom stereocenters. The van der Waals surface area contributed by atoms with Crippen molar-refractivity contribution in [1.82, 2.24) is 4.98 Å². The van der Waals surface area contributed by atoms with E-state index in [2.05, 4.69) is 87.0 Å². The van der Waals surface area contributed by atoms with Gasteiger partial charge in [0.25, 0.3) is 0 Å². The first-order valence-corrected chi connectivity index (χ1v) is 12.6. The Hall–Kier alpha value is -2.14. The number of rotatable bonds is 3. The van der Waals surface area contributed by atoms with Gasteiger partial charge in [0, 0.05) is 36.8 Å². The van der Waals surface area contributed by atoms with Crippen molar-refractivity contribution in [3.8, 4) is 11.3 Å². The van der Waals surface area contributed by atoms with Crippen molar-refractivity contribution < 1.29 is 0 Å². The number of nitrogens with zero attached hydrogens (tertiary/aromatic N) is 1. The Balaban J connectivity index is 1.75. The number of thiophene rings is 2. The van der Waals surface area contributed by atoms with Crippen molar-refractivity contribution in [1.29, 1.82) is 0 Å². The highest BCUT2D eigenvalue weighted by atomic mass is 32.2. The van der Waals surface area contributed by atoms with Crippen LogP contribution in [0.2, 0.25) is 0 Å². The van der Waals surface area contributed by atoms with Gasteiger partial charge in [0.05, 0.1) is 10.4 Å². The van der Waals surface area contributed by atoms with Crippen LogP contribution in [-0.4, -0.2) is 4.98 Å². The zero-order valence-electron chi connectivity index (χ0n) is 17.5. The van der Waals surface area contributed by atoms with E-state index < -0.39 is 0 Å².